The highest BCUT2D eigenvalue weighted by Crippen LogP contribution is 2.25. The molecule has 0 bridgehead atoms. The van der Waals surface area contributed by atoms with E-state index in [1.807, 2.05) is 0 Å². The first kappa shape index (κ1) is 12.8. The van der Waals surface area contributed by atoms with Gasteiger partial charge in [0.15, 0.2) is 5.57 Å². The minimum atomic E-state index is -4.83. The van der Waals surface area contributed by atoms with E-state index in [0.717, 1.165) is 0 Å². The molecular weight excluding hydrogens is 199 g/mol. The third-order valence-electron chi connectivity index (χ3n) is 1.66. The van der Waals surface area contributed by atoms with Crippen LogP contribution < -0.4 is 5.32 Å². The van der Waals surface area contributed by atoms with Crippen LogP contribution in [0, 0.1) is 0 Å². The molecule has 0 aliphatic heterocycles. The lowest BCUT2D eigenvalue weighted by Gasteiger charge is -2.11. The van der Waals surface area contributed by atoms with Gasteiger partial charge in [-0.05, 0) is 13.3 Å². The number of carboxylic acids is 1. The lowest BCUT2D eigenvalue weighted by molar-refractivity contribution is -0.144. The Kier molecular flexibility index (Phi) is 4.46. The fourth-order valence-electron chi connectivity index (χ4n) is 0.608. The second kappa shape index (κ2) is 4.88. The number of hydrogen-bond donors (Lipinski definition) is 2. The van der Waals surface area contributed by atoms with E-state index in [1.54, 1.807) is 13.8 Å². The van der Waals surface area contributed by atoms with Crippen molar-refractivity contribution in [3.05, 3.63) is 11.8 Å². The third kappa shape index (κ3) is 4.15. The highest BCUT2D eigenvalue weighted by molar-refractivity contribution is 5.87. The minimum absolute atomic E-state index is 0.188. The van der Waals surface area contributed by atoms with Crippen molar-refractivity contribution < 1.29 is 23.1 Å². The number of carboxylic acid groups (broad SMARTS) is 1. The number of halogens is 3. The average Bonchev–Trinajstić information content (AvgIpc) is 2.01. The van der Waals surface area contributed by atoms with Crippen molar-refractivity contribution in [1.82, 2.24) is 5.32 Å². The predicted octanol–water partition coefficient (Wildman–Crippen LogP) is 1.91. The van der Waals surface area contributed by atoms with Gasteiger partial charge in [-0.25, -0.2) is 4.79 Å². The molecule has 0 fully saturated rings. The van der Waals surface area contributed by atoms with Crippen LogP contribution >= 0.6 is 0 Å². The van der Waals surface area contributed by atoms with Gasteiger partial charge in [-0.1, -0.05) is 6.92 Å². The molecule has 82 valence electrons. The third-order valence-corrected chi connectivity index (χ3v) is 1.66. The molecule has 0 aromatic heterocycles. The van der Waals surface area contributed by atoms with Crippen molar-refractivity contribution >= 4 is 5.97 Å². The van der Waals surface area contributed by atoms with Gasteiger partial charge in [0.25, 0.3) is 0 Å². The van der Waals surface area contributed by atoms with Crippen LogP contribution in [-0.2, 0) is 4.79 Å². The zero-order chi connectivity index (χ0) is 11.4. The van der Waals surface area contributed by atoms with Crippen LogP contribution in [0.5, 0.6) is 0 Å². The molecule has 0 spiro atoms. The maximum atomic E-state index is 12.0. The molecule has 0 heterocycles. The zero-order valence-electron chi connectivity index (χ0n) is 7.85. The first-order valence-electron chi connectivity index (χ1n) is 4.05. The normalized spacial score (nSPS) is 15.1. The first-order valence-corrected chi connectivity index (χ1v) is 4.05. The van der Waals surface area contributed by atoms with Crippen molar-refractivity contribution in [1.29, 1.82) is 0 Å². The molecule has 14 heavy (non-hydrogen) atoms. The van der Waals surface area contributed by atoms with Gasteiger partial charge in [-0.3, -0.25) is 0 Å². The molecule has 0 radical (unpaired) electrons. The molecular formula is C8H12F3NO2. The highest BCUT2D eigenvalue weighted by Gasteiger charge is 2.38. The molecule has 0 rings (SSSR count). The number of hydrogen-bond acceptors (Lipinski definition) is 2. The molecule has 0 amide bonds. The summed E-state index contributed by atoms with van der Waals surface area (Å²) in [5, 5.41) is 10.6. The molecule has 1 unspecified atom stereocenters. The maximum absolute atomic E-state index is 12.0. The van der Waals surface area contributed by atoms with Gasteiger partial charge in [0.1, 0.15) is 0 Å². The van der Waals surface area contributed by atoms with E-state index in [4.69, 9.17) is 5.11 Å². The second-order valence-electron chi connectivity index (χ2n) is 2.84. The van der Waals surface area contributed by atoms with Crippen LogP contribution in [0.4, 0.5) is 13.2 Å². The quantitative estimate of drug-likeness (QED) is 0.698. The monoisotopic (exact) mass is 211 g/mol. The summed E-state index contributed by atoms with van der Waals surface area (Å²) in [4.78, 5) is 10.2. The number of alkyl halides is 3. The Labute approximate surface area is 79.6 Å². The van der Waals surface area contributed by atoms with Crippen molar-refractivity contribution in [3.63, 3.8) is 0 Å². The van der Waals surface area contributed by atoms with Gasteiger partial charge in [-0.15, -0.1) is 0 Å². The van der Waals surface area contributed by atoms with Gasteiger partial charge >= 0.3 is 12.1 Å². The predicted molar refractivity (Wildman–Crippen MR) is 44.7 cm³/mol. The minimum Gasteiger partial charge on any atom is -0.478 e. The van der Waals surface area contributed by atoms with E-state index < -0.39 is 17.7 Å². The summed E-state index contributed by atoms with van der Waals surface area (Å²) >= 11 is 0. The summed E-state index contributed by atoms with van der Waals surface area (Å²) in [6.45, 7) is 3.44. The molecule has 6 heteroatoms. The van der Waals surface area contributed by atoms with Crippen molar-refractivity contribution in [3.8, 4) is 0 Å². The molecule has 0 aromatic rings. The molecule has 3 nitrogen and oxygen atoms in total. The number of carbonyl (C=O) groups is 1. The number of rotatable bonds is 4. The summed E-state index contributed by atoms with van der Waals surface area (Å²) < 4.78 is 36.1. The van der Waals surface area contributed by atoms with Gasteiger partial charge in [-0.2, -0.15) is 13.2 Å². The van der Waals surface area contributed by atoms with Crippen LogP contribution in [0.25, 0.3) is 0 Å². The smallest absolute Gasteiger partial charge is 0.424 e. The Hall–Kier alpha value is -1.20. The van der Waals surface area contributed by atoms with Gasteiger partial charge in [0, 0.05) is 12.2 Å². The van der Waals surface area contributed by atoms with Crippen molar-refractivity contribution in [2.45, 2.75) is 32.5 Å². The zero-order valence-corrected chi connectivity index (χ0v) is 7.85. The SMILES string of the molecule is CCC(C)N/C=C(\C(=O)O)C(F)(F)F. The molecule has 0 saturated carbocycles. The van der Waals surface area contributed by atoms with E-state index in [1.165, 1.54) is 0 Å². The lowest BCUT2D eigenvalue weighted by atomic mass is 10.2. The Morgan fingerprint density at radius 1 is 1.57 bits per heavy atom. The Morgan fingerprint density at radius 2 is 2.07 bits per heavy atom. The maximum Gasteiger partial charge on any atom is 0.424 e. The summed E-state index contributed by atoms with van der Waals surface area (Å²) in [5.41, 5.74) is -1.59. The Morgan fingerprint density at radius 3 is 2.36 bits per heavy atom. The fraction of sp³-hybridized carbons (Fsp3) is 0.625. The van der Waals surface area contributed by atoms with Crippen molar-refractivity contribution in [2.24, 2.45) is 0 Å². The fourth-order valence-corrected chi connectivity index (χ4v) is 0.608. The van der Waals surface area contributed by atoms with E-state index in [-0.39, 0.29) is 6.04 Å². The highest BCUT2D eigenvalue weighted by atomic mass is 19.4. The molecule has 1 atom stereocenters. The standard InChI is InChI=1S/C8H12F3NO2/c1-3-5(2)12-4-6(7(13)14)8(9,10)11/h4-5,12H,3H2,1-2H3,(H,13,14)/b6-4+. The number of nitrogens with one attached hydrogen (secondary N) is 1. The summed E-state index contributed by atoms with van der Waals surface area (Å²) in [6, 6.07) is -0.188. The number of aliphatic carboxylic acids is 1. The van der Waals surface area contributed by atoms with E-state index in [0.29, 0.717) is 12.6 Å². The average molecular weight is 211 g/mol. The summed E-state index contributed by atoms with van der Waals surface area (Å²) in [6.07, 6.45) is -3.72. The largest absolute Gasteiger partial charge is 0.478 e. The summed E-state index contributed by atoms with van der Waals surface area (Å²) in [5.74, 6) is -1.98. The van der Waals surface area contributed by atoms with Gasteiger partial charge < -0.3 is 10.4 Å². The van der Waals surface area contributed by atoms with Crippen molar-refractivity contribution in [2.75, 3.05) is 0 Å². The van der Waals surface area contributed by atoms with E-state index >= 15 is 0 Å². The van der Waals surface area contributed by atoms with Gasteiger partial charge in [0.05, 0.1) is 0 Å². The van der Waals surface area contributed by atoms with E-state index in [9.17, 15) is 18.0 Å². The van der Waals surface area contributed by atoms with E-state index in [2.05, 4.69) is 5.32 Å². The molecule has 2 N–H and O–H groups in total. The molecule has 0 aromatic carbocycles. The Balaban J connectivity index is 4.59. The van der Waals surface area contributed by atoms with Crippen LogP contribution in [0.15, 0.2) is 11.8 Å². The Bertz CT molecular complexity index is 235. The molecule has 0 aliphatic carbocycles. The molecule has 0 saturated heterocycles. The summed E-state index contributed by atoms with van der Waals surface area (Å²) in [7, 11) is 0. The lowest BCUT2D eigenvalue weighted by Crippen LogP contribution is -2.26. The second-order valence-corrected chi connectivity index (χ2v) is 2.84. The van der Waals surface area contributed by atoms with Crippen LogP contribution in [0.1, 0.15) is 20.3 Å². The van der Waals surface area contributed by atoms with Crippen LogP contribution in [0.3, 0.4) is 0 Å². The van der Waals surface area contributed by atoms with Crippen LogP contribution in [0.2, 0.25) is 0 Å². The van der Waals surface area contributed by atoms with Crippen LogP contribution in [-0.4, -0.2) is 23.3 Å². The first-order chi connectivity index (χ1) is 6.29. The van der Waals surface area contributed by atoms with Gasteiger partial charge in [0.2, 0.25) is 0 Å². The topological polar surface area (TPSA) is 49.3 Å². The molecule has 0 aliphatic rings.